The van der Waals surface area contributed by atoms with Crippen LogP contribution >= 0.6 is 0 Å². The Kier molecular flexibility index (Phi) is 4.87. The molecule has 2 amide bonds. The first kappa shape index (κ1) is 15.5. The molecule has 1 aliphatic heterocycles. The first-order valence-electron chi connectivity index (χ1n) is 7.77. The number of ether oxygens (including phenoxy) is 1. The van der Waals surface area contributed by atoms with Crippen molar-refractivity contribution in [3.05, 3.63) is 48.5 Å². The van der Waals surface area contributed by atoms with E-state index in [1.807, 2.05) is 37.3 Å². The third kappa shape index (κ3) is 4.07. The van der Waals surface area contributed by atoms with Gasteiger partial charge in [-0.15, -0.1) is 0 Å². The van der Waals surface area contributed by atoms with Gasteiger partial charge >= 0.3 is 6.03 Å². The second kappa shape index (κ2) is 7.23. The first-order valence-corrected chi connectivity index (χ1v) is 7.77. The molecule has 2 heterocycles. The highest BCUT2D eigenvalue weighted by Gasteiger charge is 2.25. The number of nitrogens with zero attached hydrogens (tertiary/aromatic N) is 4. The Bertz CT molecular complexity index is 617. The minimum absolute atomic E-state index is 0.0257. The van der Waals surface area contributed by atoms with Crippen molar-refractivity contribution in [1.82, 2.24) is 25.0 Å². The molecule has 1 aromatic heterocycles. The van der Waals surface area contributed by atoms with Crippen molar-refractivity contribution in [1.29, 1.82) is 0 Å². The minimum atomic E-state index is -0.0682. The van der Waals surface area contributed by atoms with Gasteiger partial charge in [0.15, 0.2) is 0 Å². The molecule has 3 rings (SSSR count). The van der Waals surface area contributed by atoms with Crippen molar-refractivity contribution in [3.63, 3.8) is 0 Å². The lowest BCUT2D eigenvalue weighted by Gasteiger charge is -2.34. The molecule has 2 atom stereocenters. The number of nitrogens with one attached hydrogen (secondary N) is 1. The summed E-state index contributed by atoms with van der Waals surface area (Å²) in [5.74, 6) is 0. The van der Waals surface area contributed by atoms with Crippen LogP contribution in [0.1, 0.15) is 18.6 Å². The smallest absolute Gasteiger partial charge is 0.317 e. The summed E-state index contributed by atoms with van der Waals surface area (Å²) >= 11 is 0. The van der Waals surface area contributed by atoms with Gasteiger partial charge in [-0.1, -0.05) is 30.3 Å². The van der Waals surface area contributed by atoms with Gasteiger partial charge in [-0.2, -0.15) is 5.10 Å². The van der Waals surface area contributed by atoms with Crippen molar-refractivity contribution < 1.29 is 9.53 Å². The van der Waals surface area contributed by atoms with E-state index >= 15 is 0 Å². The van der Waals surface area contributed by atoms with E-state index in [1.54, 1.807) is 15.9 Å². The van der Waals surface area contributed by atoms with Gasteiger partial charge < -0.3 is 15.0 Å². The lowest BCUT2D eigenvalue weighted by Crippen LogP contribution is -2.50. The molecule has 1 saturated heterocycles. The molecule has 7 heteroatoms. The number of carbonyl (C=O) groups excluding carboxylic acids is 1. The number of urea groups is 1. The zero-order valence-electron chi connectivity index (χ0n) is 13.1. The number of morpholine rings is 1. The van der Waals surface area contributed by atoms with E-state index < -0.39 is 0 Å². The van der Waals surface area contributed by atoms with Gasteiger partial charge in [0.05, 0.1) is 19.7 Å². The van der Waals surface area contributed by atoms with E-state index in [0.717, 1.165) is 5.56 Å². The SMILES string of the molecule is CC(Cn1cncn1)NC(=O)N1CCOC(c2ccccc2)C1. The summed E-state index contributed by atoms with van der Waals surface area (Å²) in [6, 6.07) is 9.90. The van der Waals surface area contributed by atoms with Crippen molar-refractivity contribution >= 4 is 6.03 Å². The van der Waals surface area contributed by atoms with Crippen LogP contribution in [0.25, 0.3) is 0 Å². The Labute approximate surface area is 135 Å². The Balaban J connectivity index is 1.54. The molecule has 0 bridgehead atoms. The molecule has 0 aliphatic carbocycles. The van der Waals surface area contributed by atoms with Crippen LogP contribution < -0.4 is 5.32 Å². The van der Waals surface area contributed by atoms with Crippen LogP contribution in [0.15, 0.2) is 43.0 Å². The molecule has 2 unspecified atom stereocenters. The van der Waals surface area contributed by atoms with Crippen LogP contribution in [0.4, 0.5) is 4.79 Å². The Morgan fingerprint density at radius 1 is 1.43 bits per heavy atom. The van der Waals surface area contributed by atoms with Gasteiger partial charge in [-0.05, 0) is 12.5 Å². The van der Waals surface area contributed by atoms with Gasteiger partial charge in [-0.25, -0.2) is 9.78 Å². The quantitative estimate of drug-likeness (QED) is 0.927. The molecule has 1 aromatic carbocycles. The molecular formula is C16H21N5O2. The molecule has 0 spiro atoms. The number of hydrogen-bond donors (Lipinski definition) is 1. The van der Waals surface area contributed by atoms with Crippen LogP contribution in [0.5, 0.6) is 0 Å². The highest BCUT2D eigenvalue weighted by Crippen LogP contribution is 2.21. The number of hydrogen-bond acceptors (Lipinski definition) is 4. The van der Waals surface area contributed by atoms with Crippen molar-refractivity contribution in [2.45, 2.75) is 25.6 Å². The summed E-state index contributed by atoms with van der Waals surface area (Å²) < 4.78 is 7.50. The fourth-order valence-electron chi connectivity index (χ4n) is 2.66. The lowest BCUT2D eigenvalue weighted by molar-refractivity contribution is -0.0157. The molecule has 1 aliphatic rings. The molecular weight excluding hydrogens is 294 g/mol. The maximum Gasteiger partial charge on any atom is 0.317 e. The van der Waals surface area contributed by atoms with Crippen LogP contribution in [-0.4, -0.2) is 51.4 Å². The fourth-order valence-corrected chi connectivity index (χ4v) is 2.66. The van der Waals surface area contributed by atoms with Crippen LogP contribution in [-0.2, 0) is 11.3 Å². The first-order chi connectivity index (χ1) is 11.2. The maximum absolute atomic E-state index is 12.4. The third-order valence-corrected chi connectivity index (χ3v) is 3.82. The Hall–Kier alpha value is -2.41. The van der Waals surface area contributed by atoms with Crippen LogP contribution in [0.2, 0.25) is 0 Å². The zero-order valence-corrected chi connectivity index (χ0v) is 13.1. The summed E-state index contributed by atoms with van der Waals surface area (Å²) in [6.45, 7) is 4.26. The molecule has 0 saturated carbocycles. The molecule has 1 fully saturated rings. The molecule has 7 nitrogen and oxygen atoms in total. The van der Waals surface area contributed by atoms with Gasteiger partial charge in [0.25, 0.3) is 0 Å². The molecule has 122 valence electrons. The second-order valence-electron chi connectivity index (χ2n) is 5.68. The molecule has 23 heavy (non-hydrogen) atoms. The standard InChI is InChI=1S/C16H21N5O2/c1-13(9-21-12-17-11-18-21)19-16(22)20-7-8-23-15(10-20)14-5-3-2-4-6-14/h2-6,11-13,15H,7-10H2,1H3,(H,19,22). The van der Waals surface area contributed by atoms with Gasteiger partial charge in [-0.3, -0.25) is 4.68 Å². The average Bonchev–Trinajstić information content (AvgIpc) is 3.08. The van der Waals surface area contributed by atoms with Crippen molar-refractivity contribution in [2.75, 3.05) is 19.7 Å². The van der Waals surface area contributed by atoms with E-state index in [1.165, 1.54) is 6.33 Å². The predicted octanol–water partition coefficient (Wildman–Crippen LogP) is 1.45. The van der Waals surface area contributed by atoms with Gasteiger partial charge in [0.2, 0.25) is 0 Å². The van der Waals surface area contributed by atoms with Gasteiger partial charge in [0.1, 0.15) is 18.8 Å². The predicted molar refractivity (Wildman–Crippen MR) is 84.7 cm³/mol. The second-order valence-corrected chi connectivity index (χ2v) is 5.68. The summed E-state index contributed by atoms with van der Waals surface area (Å²) in [4.78, 5) is 18.1. The summed E-state index contributed by atoms with van der Waals surface area (Å²) in [7, 11) is 0. The average molecular weight is 315 g/mol. The Morgan fingerprint density at radius 2 is 2.26 bits per heavy atom. The van der Waals surface area contributed by atoms with E-state index in [4.69, 9.17) is 4.74 Å². The monoisotopic (exact) mass is 315 g/mol. The highest BCUT2D eigenvalue weighted by atomic mass is 16.5. The number of aromatic nitrogens is 3. The largest absolute Gasteiger partial charge is 0.370 e. The fraction of sp³-hybridized carbons (Fsp3) is 0.438. The van der Waals surface area contributed by atoms with E-state index in [9.17, 15) is 4.79 Å². The zero-order chi connectivity index (χ0) is 16.1. The van der Waals surface area contributed by atoms with E-state index in [2.05, 4.69) is 15.4 Å². The van der Waals surface area contributed by atoms with Gasteiger partial charge in [0, 0.05) is 12.6 Å². The number of carbonyl (C=O) groups is 1. The minimum Gasteiger partial charge on any atom is -0.370 e. The van der Waals surface area contributed by atoms with E-state index in [-0.39, 0.29) is 18.2 Å². The maximum atomic E-state index is 12.4. The topological polar surface area (TPSA) is 72.3 Å². The number of benzene rings is 1. The van der Waals surface area contributed by atoms with Crippen LogP contribution in [0.3, 0.4) is 0 Å². The summed E-state index contributed by atoms with van der Waals surface area (Å²) in [5, 5.41) is 7.05. The van der Waals surface area contributed by atoms with Crippen molar-refractivity contribution in [3.8, 4) is 0 Å². The molecule has 0 radical (unpaired) electrons. The summed E-state index contributed by atoms with van der Waals surface area (Å²) in [6.07, 6.45) is 3.06. The number of rotatable bonds is 4. The number of amides is 2. The highest BCUT2D eigenvalue weighted by molar-refractivity contribution is 5.74. The van der Waals surface area contributed by atoms with Crippen LogP contribution in [0, 0.1) is 0 Å². The Morgan fingerprint density at radius 3 is 3.00 bits per heavy atom. The normalized spacial score (nSPS) is 19.3. The third-order valence-electron chi connectivity index (χ3n) is 3.82. The van der Waals surface area contributed by atoms with E-state index in [0.29, 0.717) is 26.2 Å². The molecule has 1 N–H and O–H groups in total. The summed E-state index contributed by atoms with van der Waals surface area (Å²) in [5.41, 5.74) is 1.10. The lowest BCUT2D eigenvalue weighted by atomic mass is 10.1. The van der Waals surface area contributed by atoms with Crippen molar-refractivity contribution in [2.24, 2.45) is 0 Å². The molecule has 2 aromatic rings.